The van der Waals surface area contributed by atoms with Crippen molar-refractivity contribution in [3.8, 4) is 0 Å². The van der Waals surface area contributed by atoms with Gasteiger partial charge in [0, 0.05) is 6.42 Å². The molecule has 1 aromatic rings. The molecule has 1 rings (SSSR count). The third-order valence-corrected chi connectivity index (χ3v) is 2.76. The normalized spacial score (nSPS) is 10.1. The highest BCUT2D eigenvalue weighted by Crippen LogP contribution is 2.14. The second-order valence-electron chi connectivity index (χ2n) is 3.87. The summed E-state index contributed by atoms with van der Waals surface area (Å²) in [5.41, 5.74) is 2.72. The average molecular weight is 255 g/mol. The van der Waals surface area contributed by atoms with E-state index in [1.165, 1.54) is 7.11 Å². The molecule has 0 fully saturated rings. The Hall–Kier alpha value is -1.35. The third-order valence-electron chi connectivity index (χ3n) is 2.46. The summed E-state index contributed by atoms with van der Waals surface area (Å²) in [7, 11) is 1.35. The lowest BCUT2D eigenvalue weighted by Crippen LogP contribution is -2.11. The Balaban J connectivity index is 2.95. The van der Waals surface area contributed by atoms with Gasteiger partial charge in [0.15, 0.2) is 5.78 Å². The standard InChI is InChI=1S/C13H15ClO3/c1-9-3-4-10(6-12(15)8-14)11(5-9)7-13(16)17-2/h3-5H,6-8H2,1-2H3. The van der Waals surface area contributed by atoms with Gasteiger partial charge < -0.3 is 4.74 Å². The van der Waals surface area contributed by atoms with Gasteiger partial charge in [-0.05, 0) is 18.1 Å². The van der Waals surface area contributed by atoms with Crippen molar-refractivity contribution in [2.75, 3.05) is 13.0 Å². The Morgan fingerprint density at radius 2 is 1.94 bits per heavy atom. The maximum atomic E-state index is 11.3. The molecule has 0 aliphatic heterocycles. The molecule has 0 aliphatic rings. The van der Waals surface area contributed by atoms with E-state index in [9.17, 15) is 9.59 Å². The van der Waals surface area contributed by atoms with Crippen molar-refractivity contribution < 1.29 is 14.3 Å². The Kier molecular flexibility index (Phi) is 5.16. The number of Topliss-reactive ketones (excluding diaryl/α,β-unsaturated/α-hetero) is 1. The predicted octanol–water partition coefficient (Wildman–Crippen LogP) is 2.06. The van der Waals surface area contributed by atoms with Gasteiger partial charge >= 0.3 is 5.97 Å². The summed E-state index contributed by atoms with van der Waals surface area (Å²) in [5.74, 6) is -0.372. The Morgan fingerprint density at radius 1 is 1.24 bits per heavy atom. The summed E-state index contributed by atoms with van der Waals surface area (Å²) < 4.78 is 4.63. The topological polar surface area (TPSA) is 43.4 Å². The number of hydrogen-bond donors (Lipinski definition) is 0. The van der Waals surface area contributed by atoms with Gasteiger partial charge in [-0.2, -0.15) is 0 Å². The molecule has 17 heavy (non-hydrogen) atoms. The van der Waals surface area contributed by atoms with E-state index in [0.717, 1.165) is 16.7 Å². The summed E-state index contributed by atoms with van der Waals surface area (Å²) >= 11 is 5.48. The van der Waals surface area contributed by atoms with Crippen LogP contribution in [0.4, 0.5) is 0 Å². The van der Waals surface area contributed by atoms with Crippen LogP contribution in [-0.2, 0) is 27.2 Å². The van der Waals surface area contributed by atoms with Gasteiger partial charge in [-0.3, -0.25) is 9.59 Å². The van der Waals surface area contributed by atoms with Gasteiger partial charge in [-0.25, -0.2) is 0 Å². The molecule has 0 atom stereocenters. The van der Waals surface area contributed by atoms with Gasteiger partial charge in [-0.15, -0.1) is 11.6 Å². The first kappa shape index (κ1) is 13.7. The molecule has 0 bridgehead atoms. The van der Waals surface area contributed by atoms with E-state index in [2.05, 4.69) is 4.74 Å². The first-order valence-corrected chi connectivity index (χ1v) is 5.83. The van der Waals surface area contributed by atoms with E-state index in [-0.39, 0.29) is 30.5 Å². The molecule has 0 radical (unpaired) electrons. The lowest BCUT2D eigenvalue weighted by Gasteiger charge is -2.08. The number of ketones is 1. The second-order valence-corrected chi connectivity index (χ2v) is 4.14. The molecule has 0 amide bonds. The largest absolute Gasteiger partial charge is 0.469 e. The monoisotopic (exact) mass is 254 g/mol. The van der Waals surface area contributed by atoms with Crippen LogP contribution in [0.25, 0.3) is 0 Å². The number of carbonyl (C=O) groups is 2. The molecule has 0 spiro atoms. The highest BCUT2D eigenvalue weighted by atomic mass is 35.5. The molecular weight excluding hydrogens is 240 g/mol. The number of aryl methyl sites for hydroxylation is 1. The molecule has 0 saturated heterocycles. The number of ether oxygens (including phenoxy) is 1. The summed E-state index contributed by atoms with van der Waals surface area (Å²) in [5, 5.41) is 0. The van der Waals surface area contributed by atoms with E-state index >= 15 is 0 Å². The van der Waals surface area contributed by atoms with Crippen molar-refractivity contribution in [1.82, 2.24) is 0 Å². The summed E-state index contributed by atoms with van der Waals surface area (Å²) in [6, 6.07) is 5.67. The molecule has 0 aromatic heterocycles. The fraction of sp³-hybridized carbons (Fsp3) is 0.385. The van der Waals surface area contributed by atoms with Crippen LogP contribution in [-0.4, -0.2) is 24.7 Å². The number of alkyl halides is 1. The molecule has 1 aromatic carbocycles. The van der Waals surface area contributed by atoms with Crippen molar-refractivity contribution in [3.63, 3.8) is 0 Å². The van der Waals surface area contributed by atoms with Crippen molar-refractivity contribution in [2.45, 2.75) is 19.8 Å². The van der Waals surface area contributed by atoms with Crippen molar-refractivity contribution in [1.29, 1.82) is 0 Å². The van der Waals surface area contributed by atoms with Crippen LogP contribution in [0.5, 0.6) is 0 Å². The van der Waals surface area contributed by atoms with Crippen LogP contribution in [0.15, 0.2) is 18.2 Å². The molecule has 0 unspecified atom stereocenters. The number of methoxy groups -OCH3 is 1. The van der Waals surface area contributed by atoms with Crippen LogP contribution >= 0.6 is 11.6 Å². The molecule has 92 valence electrons. The zero-order valence-corrected chi connectivity index (χ0v) is 10.7. The van der Waals surface area contributed by atoms with Gasteiger partial charge in [0.25, 0.3) is 0 Å². The van der Waals surface area contributed by atoms with E-state index in [1.807, 2.05) is 25.1 Å². The number of hydrogen-bond acceptors (Lipinski definition) is 3. The number of rotatable bonds is 5. The fourth-order valence-corrected chi connectivity index (χ4v) is 1.67. The summed E-state index contributed by atoms with van der Waals surface area (Å²) in [6.45, 7) is 1.94. The molecule has 0 N–H and O–H groups in total. The van der Waals surface area contributed by atoms with E-state index in [0.29, 0.717) is 0 Å². The number of carbonyl (C=O) groups excluding carboxylic acids is 2. The van der Waals surface area contributed by atoms with Gasteiger partial charge in [-0.1, -0.05) is 23.8 Å². The van der Waals surface area contributed by atoms with E-state index in [1.54, 1.807) is 0 Å². The molecular formula is C13H15ClO3. The second kappa shape index (κ2) is 6.40. The minimum Gasteiger partial charge on any atom is -0.469 e. The van der Waals surface area contributed by atoms with Gasteiger partial charge in [0.05, 0.1) is 19.4 Å². The molecule has 3 nitrogen and oxygen atoms in total. The van der Waals surface area contributed by atoms with Crippen LogP contribution < -0.4 is 0 Å². The lowest BCUT2D eigenvalue weighted by atomic mass is 9.98. The van der Waals surface area contributed by atoms with Crippen LogP contribution in [0.1, 0.15) is 16.7 Å². The van der Waals surface area contributed by atoms with Crippen molar-refractivity contribution in [3.05, 3.63) is 34.9 Å². The van der Waals surface area contributed by atoms with Gasteiger partial charge in [0.1, 0.15) is 0 Å². The third kappa shape index (κ3) is 4.19. The Morgan fingerprint density at radius 3 is 2.53 bits per heavy atom. The average Bonchev–Trinajstić information content (AvgIpc) is 2.32. The number of halogens is 1. The molecule has 4 heteroatoms. The molecule has 0 saturated carbocycles. The Bertz CT molecular complexity index is 427. The van der Waals surface area contributed by atoms with E-state index < -0.39 is 0 Å². The Labute approximate surface area is 106 Å². The van der Waals surface area contributed by atoms with Crippen LogP contribution in [0, 0.1) is 6.92 Å². The highest BCUT2D eigenvalue weighted by Gasteiger charge is 2.11. The van der Waals surface area contributed by atoms with Crippen molar-refractivity contribution >= 4 is 23.4 Å². The first-order valence-electron chi connectivity index (χ1n) is 5.29. The van der Waals surface area contributed by atoms with Crippen LogP contribution in [0.2, 0.25) is 0 Å². The van der Waals surface area contributed by atoms with Crippen LogP contribution in [0.3, 0.4) is 0 Å². The van der Waals surface area contributed by atoms with Gasteiger partial charge in [0.2, 0.25) is 0 Å². The predicted molar refractivity (Wildman–Crippen MR) is 66.3 cm³/mol. The quantitative estimate of drug-likeness (QED) is 0.597. The minimum atomic E-state index is -0.310. The van der Waals surface area contributed by atoms with Crippen molar-refractivity contribution in [2.24, 2.45) is 0 Å². The zero-order valence-electron chi connectivity index (χ0n) is 9.96. The lowest BCUT2D eigenvalue weighted by molar-refractivity contribution is -0.139. The smallest absolute Gasteiger partial charge is 0.309 e. The van der Waals surface area contributed by atoms with E-state index in [4.69, 9.17) is 11.6 Å². The highest BCUT2D eigenvalue weighted by molar-refractivity contribution is 6.27. The molecule has 0 aliphatic carbocycles. The number of benzene rings is 1. The summed E-state index contributed by atoms with van der Waals surface area (Å²) in [4.78, 5) is 22.6. The SMILES string of the molecule is COC(=O)Cc1cc(C)ccc1CC(=O)CCl. The maximum Gasteiger partial charge on any atom is 0.309 e. The molecule has 0 heterocycles. The fourth-order valence-electron chi connectivity index (χ4n) is 1.58. The minimum absolute atomic E-state index is 0.00839. The maximum absolute atomic E-state index is 11.3. The first-order chi connectivity index (χ1) is 8.06. The summed E-state index contributed by atoms with van der Waals surface area (Å²) in [6.07, 6.45) is 0.444. The zero-order chi connectivity index (χ0) is 12.8. The number of esters is 1.